The van der Waals surface area contributed by atoms with E-state index in [9.17, 15) is 0 Å². The van der Waals surface area contributed by atoms with Gasteiger partial charge in [0.1, 0.15) is 0 Å². The Balaban J connectivity index is 1.60. The average molecular weight is 331 g/mol. The van der Waals surface area contributed by atoms with Gasteiger partial charge in [-0.05, 0) is 60.4 Å². The first-order valence-electron chi connectivity index (χ1n) is 6.90. The third kappa shape index (κ3) is 5.00. The first kappa shape index (κ1) is 14.5. The Hall–Kier alpha value is 0.1000. The molecule has 0 radical (unpaired) electrons. The molecule has 0 saturated carbocycles. The summed E-state index contributed by atoms with van der Waals surface area (Å²) in [6.45, 7) is 8.34. The van der Waals surface area contributed by atoms with Gasteiger partial charge in [0.25, 0.3) is 0 Å². The fourth-order valence-electron chi connectivity index (χ4n) is 2.54. The highest BCUT2D eigenvalue weighted by Crippen LogP contribution is 2.19. The monoisotopic (exact) mass is 330 g/mol. The Morgan fingerprint density at radius 2 is 2.17 bits per heavy atom. The van der Waals surface area contributed by atoms with Gasteiger partial charge in [-0.15, -0.1) is 11.3 Å². The predicted octanol–water partition coefficient (Wildman–Crippen LogP) is 3.72. The van der Waals surface area contributed by atoms with Gasteiger partial charge in [0.2, 0.25) is 0 Å². The van der Waals surface area contributed by atoms with Crippen LogP contribution in [0.25, 0.3) is 0 Å². The molecule has 0 bridgehead atoms. The predicted molar refractivity (Wildman–Crippen MR) is 83.2 cm³/mol. The van der Waals surface area contributed by atoms with Crippen LogP contribution in [0.2, 0.25) is 0 Å². The normalized spacial score (nSPS) is 19.0. The van der Waals surface area contributed by atoms with Gasteiger partial charge in [0, 0.05) is 27.8 Å². The van der Waals surface area contributed by atoms with Crippen LogP contribution in [0.15, 0.2) is 15.9 Å². The smallest absolute Gasteiger partial charge is 0.0300 e. The molecule has 1 aromatic heterocycles. The molecule has 0 aromatic carbocycles. The fraction of sp³-hybridized carbons (Fsp3) is 0.714. The van der Waals surface area contributed by atoms with E-state index in [1.807, 2.05) is 11.3 Å². The summed E-state index contributed by atoms with van der Waals surface area (Å²) < 4.78 is 1.20. The lowest BCUT2D eigenvalue weighted by Gasteiger charge is -2.29. The molecule has 1 N–H and O–H groups in total. The average Bonchev–Trinajstić information content (AvgIpc) is 2.76. The zero-order valence-electron chi connectivity index (χ0n) is 11.1. The van der Waals surface area contributed by atoms with Crippen LogP contribution in [-0.4, -0.2) is 31.1 Å². The number of piperidine rings is 1. The van der Waals surface area contributed by atoms with Crippen molar-refractivity contribution in [3.05, 3.63) is 20.8 Å². The number of thiophene rings is 1. The van der Waals surface area contributed by atoms with Crippen LogP contribution in [0.1, 0.15) is 31.1 Å². The number of halogens is 1. The lowest BCUT2D eigenvalue weighted by molar-refractivity contribution is 0.199. The topological polar surface area (TPSA) is 15.3 Å². The van der Waals surface area contributed by atoms with E-state index in [0.29, 0.717) is 0 Å². The van der Waals surface area contributed by atoms with Crippen LogP contribution in [0.4, 0.5) is 0 Å². The lowest BCUT2D eigenvalue weighted by Crippen LogP contribution is -2.36. The first-order valence-corrected chi connectivity index (χ1v) is 8.57. The van der Waals surface area contributed by atoms with Crippen LogP contribution < -0.4 is 5.32 Å². The summed E-state index contributed by atoms with van der Waals surface area (Å²) in [7, 11) is 0. The summed E-state index contributed by atoms with van der Waals surface area (Å²) in [5, 5.41) is 5.71. The van der Waals surface area contributed by atoms with Crippen molar-refractivity contribution in [3.63, 3.8) is 0 Å². The molecule has 0 amide bonds. The van der Waals surface area contributed by atoms with Gasteiger partial charge >= 0.3 is 0 Å². The minimum absolute atomic E-state index is 0.742. The van der Waals surface area contributed by atoms with Gasteiger partial charge in [-0.2, -0.15) is 0 Å². The highest BCUT2D eigenvalue weighted by molar-refractivity contribution is 9.10. The molecule has 2 rings (SSSR count). The fourth-order valence-corrected chi connectivity index (χ4v) is 3.96. The van der Waals surface area contributed by atoms with Gasteiger partial charge in [-0.1, -0.05) is 13.3 Å². The number of hydrogen-bond donors (Lipinski definition) is 1. The van der Waals surface area contributed by atoms with Crippen molar-refractivity contribution in [2.24, 2.45) is 5.92 Å². The second kappa shape index (κ2) is 7.63. The second-order valence-electron chi connectivity index (χ2n) is 5.33. The van der Waals surface area contributed by atoms with Crippen LogP contribution in [-0.2, 0) is 6.54 Å². The maximum atomic E-state index is 3.57. The van der Waals surface area contributed by atoms with E-state index in [-0.39, 0.29) is 0 Å². The highest BCUT2D eigenvalue weighted by Gasteiger charge is 2.13. The zero-order valence-corrected chi connectivity index (χ0v) is 13.5. The Labute approximate surface area is 123 Å². The quantitative estimate of drug-likeness (QED) is 0.855. The molecule has 2 heterocycles. The van der Waals surface area contributed by atoms with Gasteiger partial charge in [0.05, 0.1) is 0 Å². The molecule has 18 heavy (non-hydrogen) atoms. The van der Waals surface area contributed by atoms with E-state index in [1.54, 1.807) is 0 Å². The molecule has 1 aliphatic heterocycles. The van der Waals surface area contributed by atoms with Gasteiger partial charge in [-0.25, -0.2) is 0 Å². The third-order valence-corrected chi connectivity index (χ3v) is 5.13. The third-order valence-electron chi connectivity index (χ3n) is 3.43. The molecule has 2 nitrogen and oxygen atoms in total. The standard InChI is InChI=1S/C14H23BrN2S/c1-12(10-17-5-3-2-4-6-17)8-16-9-14-7-13(15)11-18-14/h7,11-12,16H,2-6,8-10H2,1H3. The van der Waals surface area contributed by atoms with Gasteiger partial charge in [-0.3, -0.25) is 0 Å². The van der Waals surface area contributed by atoms with Crippen LogP contribution >= 0.6 is 27.3 Å². The second-order valence-corrected chi connectivity index (χ2v) is 7.24. The van der Waals surface area contributed by atoms with Gasteiger partial charge < -0.3 is 10.2 Å². The van der Waals surface area contributed by atoms with E-state index in [1.165, 1.54) is 48.2 Å². The van der Waals surface area contributed by atoms with E-state index in [0.717, 1.165) is 19.0 Å². The van der Waals surface area contributed by atoms with Crippen molar-refractivity contribution in [1.29, 1.82) is 0 Å². The summed E-state index contributed by atoms with van der Waals surface area (Å²) >= 11 is 5.31. The molecule has 0 spiro atoms. The minimum Gasteiger partial charge on any atom is -0.312 e. The molecule has 1 aliphatic rings. The molecule has 1 unspecified atom stereocenters. The minimum atomic E-state index is 0.742. The molecule has 4 heteroatoms. The van der Waals surface area contributed by atoms with E-state index in [2.05, 4.69) is 44.5 Å². The van der Waals surface area contributed by atoms with Gasteiger partial charge in [0.15, 0.2) is 0 Å². The number of hydrogen-bond acceptors (Lipinski definition) is 3. The van der Waals surface area contributed by atoms with Crippen molar-refractivity contribution in [3.8, 4) is 0 Å². The summed E-state index contributed by atoms with van der Waals surface area (Å²) in [6.07, 6.45) is 4.21. The van der Waals surface area contributed by atoms with Crippen molar-refractivity contribution in [1.82, 2.24) is 10.2 Å². The molecule has 102 valence electrons. The Bertz CT molecular complexity index is 347. The van der Waals surface area contributed by atoms with E-state index >= 15 is 0 Å². The van der Waals surface area contributed by atoms with Crippen molar-refractivity contribution in [2.45, 2.75) is 32.7 Å². The number of likely N-dealkylation sites (tertiary alicyclic amines) is 1. The molecule has 1 fully saturated rings. The highest BCUT2D eigenvalue weighted by atomic mass is 79.9. The largest absolute Gasteiger partial charge is 0.312 e. The van der Waals surface area contributed by atoms with Crippen molar-refractivity contribution in [2.75, 3.05) is 26.2 Å². The Morgan fingerprint density at radius 1 is 1.39 bits per heavy atom. The maximum absolute atomic E-state index is 3.57. The summed E-state index contributed by atoms with van der Waals surface area (Å²) in [5.41, 5.74) is 0. The molecular formula is C14H23BrN2S. The number of nitrogens with one attached hydrogen (secondary N) is 1. The van der Waals surface area contributed by atoms with Crippen molar-refractivity contribution < 1.29 is 0 Å². The van der Waals surface area contributed by atoms with E-state index in [4.69, 9.17) is 0 Å². The van der Waals surface area contributed by atoms with E-state index < -0.39 is 0 Å². The number of rotatable bonds is 6. The molecule has 1 atom stereocenters. The number of nitrogens with zero attached hydrogens (tertiary/aromatic N) is 1. The Morgan fingerprint density at radius 3 is 2.83 bits per heavy atom. The van der Waals surface area contributed by atoms with Crippen LogP contribution in [0.5, 0.6) is 0 Å². The molecule has 0 aliphatic carbocycles. The first-order chi connectivity index (χ1) is 8.74. The summed E-state index contributed by atoms with van der Waals surface area (Å²) in [6, 6.07) is 2.20. The van der Waals surface area contributed by atoms with Crippen LogP contribution in [0.3, 0.4) is 0 Å². The molecular weight excluding hydrogens is 308 g/mol. The summed E-state index contributed by atoms with van der Waals surface area (Å²) in [4.78, 5) is 4.03. The lowest BCUT2D eigenvalue weighted by atomic mass is 10.1. The Kier molecular flexibility index (Phi) is 6.15. The van der Waals surface area contributed by atoms with Crippen molar-refractivity contribution >= 4 is 27.3 Å². The van der Waals surface area contributed by atoms with Crippen LogP contribution in [0, 0.1) is 5.92 Å². The SMILES string of the molecule is CC(CNCc1cc(Br)cs1)CN1CCCCC1. The molecule has 1 saturated heterocycles. The zero-order chi connectivity index (χ0) is 12.8. The molecule has 1 aromatic rings. The summed E-state index contributed by atoms with van der Waals surface area (Å²) in [5.74, 6) is 0.742. The maximum Gasteiger partial charge on any atom is 0.0300 e.